The molecule has 0 unspecified atom stereocenters. The first kappa shape index (κ1) is 16.5. The van der Waals surface area contributed by atoms with Crippen LogP contribution in [0.15, 0.2) is 30.9 Å². The van der Waals surface area contributed by atoms with Gasteiger partial charge in [0.1, 0.15) is 12.3 Å². The standard InChI is InChI=1S/C16H19NO4/c1-3-5-7-12-8-6-9-14(13(12)4-2)21-11-15(18)17-10-16(19)20/h4-9H,2-3,10-11H2,1H3,(H,17,18)(H,19,20)/b7-5-. The Morgan fingerprint density at radius 3 is 2.81 bits per heavy atom. The van der Waals surface area contributed by atoms with E-state index in [4.69, 9.17) is 9.84 Å². The zero-order valence-electron chi connectivity index (χ0n) is 12.0. The third-order valence-electron chi connectivity index (χ3n) is 2.63. The minimum atomic E-state index is -1.10. The van der Waals surface area contributed by atoms with Gasteiger partial charge in [-0.3, -0.25) is 9.59 Å². The number of allylic oxidation sites excluding steroid dienone is 1. The van der Waals surface area contributed by atoms with Crippen LogP contribution in [0.1, 0.15) is 24.5 Å². The minimum Gasteiger partial charge on any atom is -0.483 e. The second kappa shape index (κ2) is 8.58. The highest BCUT2D eigenvalue weighted by molar-refractivity contribution is 5.82. The fraction of sp³-hybridized carbons (Fsp3) is 0.250. The Labute approximate surface area is 123 Å². The van der Waals surface area contributed by atoms with Gasteiger partial charge in [0.05, 0.1) is 0 Å². The average molecular weight is 289 g/mol. The summed E-state index contributed by atoms with van der Waals surface area (Å²) in [6.07, 6.45) is 6.57. The molecule has 0 radical (unpaired) electrons. The summed E-state index contributed by atoms with van der Waals surface area (Å²) in [6, 6.07) is 5.50. The Bertz CT molecular complexity index is 549. The van der Waals surface area contributed by atoms with Crippen molar-refractivity contribution in [3.63, 3.8) is 0 Å². The van der Waals surface area contributed by atoms with E-state index in [0.29, 0.717) is 5.75 Å². The summed E-state index contributed by atoms with van der Waals surface area (Å²) in [7, 11) is 0. The summed E-state index contributed by atoms with van der Waals surface area (Å²) in [5.41, 5.74) is 1.75. The largest absolute Gasteiger partial charge is 0.483 e. The number of amides is 1. The van der Waals surface area contributed by atoms with Crippen LogP contribution in [0.3, 0.4) is 0 Å². The van der Waals surface area contributed by atoms with Gasteiger partial charge in [-0.25, -0.2) is 0 Å². The molecule has 0 spiro atoms. The topological polar surface area (TPSA) is 75.6 Å². The van der Waals surface area contributed by atoms with Gasteiger partial charge in [0.25, 0.3) is 5.91 Å². The van der Waals surface area contributed by atoms with E-state index in [0.717, 1.165) is 17.5 Å². The number of benzene rings is 1. The highest BCUT2D eigenvalue weighted by Gasteiger charge is 2.08. The summed E-state index contributed by atoms with van der Waals surface area (Å²) >= 11 is 0. The molecule has 1 aromatic carbocycles. The van der Waals surface area contributed by atoms with E-state index in [9.17, 15) is 9.59 Å². The van der Waals surface area contributed by atoms with Crippen molar-refractivity contribution >= 4 is 24.0 Å². The zero-order valence-corrected chi connectivity index (χ0v) is 12.0. The van der Waals surface area contributed by atoms with Crippen LogP contribution in [0.25, 0.3) is 12.2 Å². The molecule has 1 rings (SSSR count). The molecule has 0 aliphatic carbocycles. The molecule has 1 aromatic rings. The Morgan fingerprint density at radius 2 is 2.19 bits per heavy atom. The van der Waals surface area contributed by atoms with Crippen LogP contribution in [0, 0.1) is 0 Å². The van der Waals surface area contributed by atoms with Crippen LogP contribution in [0.5, 0.6) is 5.75 Å². The lowest BCUT2D eigenvalue weighted by Gasteiger charge is -2.11. The molecule has 2 N–H and O–H groups in total. The Hall–Kier alpha value is -2.56. The lowest BCUT2D eigenvalue weighted by atomic mass is 10.1. The molecular formula is C16H19NO4. The van der Waals surface area contributed by atoms with Crippen molar-refractivity contribution in [1.29, 1.82) is 0 Å². The molecule has 0 saturated heterocycles. The van der Waals surface area contributed by atoms with E-state index in [2.05, 4.69) is 11.9 Å². The molecule has 0 bridgehead atoms. The van der Waals surface area contributed by atoms with E-state index in [1.807, 2.05) is 31.2 Å². The maximum absolute atomic E-state index is 11.4. The van der Waals surface area contributed by atoms with Gasteiger partial charge in [0, 0.05) is 5.56 Å². The van der Waals surface area contributed by atoms with Crippen molar-refractivity contribution in [3.05, 3.63) is 42.0 Å². The van der Waals surface area contributed by atoms with Gasteiger partial charge in [0.15, 0.2) is 6.61 Å². The number of carboxylic acid groups (broad SMARTS) is 1. The molecule has 0 aliphatic heterocycles. The van der Waals surface area contributed by atoms with Gasteiger partial charge in [0.2, 0.25) is 0 Å². The molecule has 21 heavy (non-hydrogen) atoms. The Kier molecular flexibility index (Phi) is 6.74. The van der Waals surface area contributed by atoms with Gasteiger partial charge in [-0.2, -0.15) is 0 Å². The summed E-state index contributed by atoms with van der Waals surface area (Å²) in [6.45, 7) is 5.13. The van der Waals surface area contributed by atoms with Crippen molar-refractivity contribution in [1.82, 2.24) is 5.32 Å². The SMILES string of the molecule is C=Cc1c(/C=C\CC)cccc1OCC(=O)NCC(=O)O. The highest BCUT2D eigenvalue weighted by atomic mass is 16.5. The van der Waals surface area contributed by atoms with Gasteiger partial charge in [-0.15, -0.1) is 0 Å². The van der Waals surface area contributed by atoms with Crippen LogP contribution in [0.4, 0.5) is 0 Å². The van der Waals surface area contributed by atoms with E-state index in [1.54, 1.807) is 12.1 Å². The predicted molar refractivity (Wildman–Crippen MR) is 82.0 cm³/mol. The molecular weight excluding hydrogens is 270 g/mol. The second-order valence-corrected chi connectivity index (χ2v) is 4.23. The van der Waals surface area contributed by atoms with Gasteiger partial charge in [-0.05, 0) is 18.1 Å². The number of rotatable bonds is 8. The maximum Gasteiger partial charge on any atom is 0.322 e. The van der Waals surface area contributed by atoms with E-state index in [-0.39, 0.29) is 6.61 Å². The summed E-state index contributed by atoms with van der Waals surface area (Å²) in [5, 5.41) is 10.7. The highest BCUT2D eigenvalue weighted by Crippen LogP contribution is 2.24. The maximum atomic E-state index is 11.4. The molecule has 0 aromatic heterocycles. The molecule has 0 atom stereocenters. The molecule has 5 heteroatoms. The molecule has 112 valence electrons. The quantitative estimate of drug-likeness (QED) is 0.770. The van der Waals surface area contributed by atoms with Crippen LogP contribution >= 0.6 is 0 Å². The first-order valence-electron chi connectivity index (χ1n) is 6.61. The number of ether oxygens (including phenoxy) is 1. The molecule has 0 saturated carbocycles. The number of carbonyl (C=O) groups is 2. The normalized spacial score (nSPS) is 10.3. The van der Waals surface area contributed by atoms with Crippen molar-refractivity contribution in [2.45, 2.75) is 13.3 Å². The monoisotopic (exact) mass is 289 g/mol. The first-order chi connectivity index (χ1) is 10.1. The fourth-order valence-electron chi connectivity index (χ4n) is 1.66. The van der Waals surface area contributed by atoms with Crippen molar-refractivity contribution in [2.75, 3.05) is 13.2 Å². The molecule has 5 nitrogen and oxygen atoms in total. The number of hydrogen-bond donors (Lipinski definition) is 2. The van der Waals surface area contributed by atoms with E-state index < -0.39 is 18.4 Å². The number of nitrogens with one attached hydrogen (secondary N) is 1. The smallest absolute Gasteiger partial charge is 0.322 e. The summed E-state index contributed by atoms with van der Waals surface area (Å²) < 4.78 is 5.43. The van der Waals surface area contributed by atoms with Gasteiger partial charge in [-0.1, -0.05) is 43.9 Å². The lowest BCUT2D eigenvalue weighted by Crippen LogP contribution is -2.33. The number of carboxylic acids is 1. The number of hydrogen-bond acceptors (Lipinski definition) is 3. The van der Waals surface area contributed by atoms with Gasteiger partial charge < -0.3 is 15.2 Å². The minimum absolute atomic E-state index is 0.241. The second-order valence-electron chi connectivity index (χ2n) is 4.23. The van der Waals surface area contributed by atoms with Gasteiger partial charge >= 0.3 is 5.97 Å². The zero-order chi connectivity index (χ0) is 15.7. The molecule has 0 heterocycles. The first-order valence-corrected chi connectivity index (χ1v) is 6.61. The van der Waals surface area contributed by atoms with Crippen LogP contribution in [-0.4, -0.2) is 30.1 Å². The Morgan fingerprint density at radius 1 is 1.43 bits per heavy atom. The third kappa shape index (κ3) is 5.52. The fourth-order valence-corrected chi connectivity index (χ4v) is 1.66. The number of aliphatic carboxylic acids is 1. The van der Waals surface area contributed by atoms with Crippen LogP contribution < -0.4 is 10.1 Å². The van der Waals surface area contributed by atoms with Crippen molar-refractivity contribution in [3.8, 4) is 5.75 Å². The molecule has 1 amide bonds. The van der Waals surface area contributed by atoms with Crippen molar-refractivity contribution < 1.29 is 19.4 Å². The number of carbonyl (C=O) groups excluding carboxylic acids is 1. The van der Waals surface area contributed by atoms with Crippen LogP contribution in [0.2, 0.25) is 0 Å². The summed E-state index contributed by atoms with van der Waals surface area (Å²) in [4.78, 5) is 21.8. The molecule has 0 fully saturated rings. The van der Waals surface area contributed by atoms with Crippen molar-refractivity contribution in [2.24, 2.45) is 0 Å². The summed E-state index contributed by atoms with van der Waals surface area (Å²) in [5.74, 6) is -1.04. The van der Waals surface area contributed by atoms with E-state index >= 15 is 0 Å². The average Bonchev–Trinajstić information content (AvgIpc) is 2.48. The Balaban J connectivity index is 2.74. The predicted octanol–water partition coefficient (Wildman–Crippen LogP) is 2.33. The third-order valence-corrected chi connectivity index (χ3v) is 2.63. The molecule has 0 aliphatic rings. The van der Waals surface area contributed by atoms with Crippen LogP contribution in [-0.2, 0) is 9.59 Å². The lowest BCUT2D eigenvalue weighted by molar-refractivity contribution is -0.138. The van der Waals surface area contributed by atoms with E-state index in [1.165, 1.54) is 0 Å².